The summed E-state index contributed by atoms with van der Waals surface area (Å²) in [5.74, 6) is 0.751. The Morgan fingerprint density at radius 2 is 1.37 bits per heavy atom. The van der Waals surface area contributed by atoms with Gasteiger partial charge in [0.25, 0.3) is 0 Å². The molecular formula is C20H30O10. The van der Waals surface area contributed by atoms with Crippen molar-refractivity contribution in [1.29, 1.82) is 0 Å². The van der Waals surface area contributed by atoms with Crippen LogP contribution in [0.4, 0.5) is 0 Å². The molecule has 0 unspecified atom stereocenters. The second kappa shape index (κ2) is 9.86. The maximum atomic E-state index is 10.2. The highest BCUT2D eigenvalue weighted by molar-refractivity contribution is 5.29. The van der Waals surface area contributed by atoms with Gasteiger partial charge in [0.1, 0.15) is 48.5 Å². The van der Waals surface area contributed by atoms with Crippen molar-refractivity contribution in [3.8, 4) is 5.75 Å². The minimum absolute atomic E-state index is 0.330. The molecule has 2 heterocycles. The van der Waals surface area contributed by atoms with Gasteiger partial charge in [0.05, 0.1) is 13.2 Å². The summed E-state index contributed by atoms with van der Waals surface area (Å²) in [5, 5.41) is 59.4. The molecule has 0 amide bonds. The second-order valence-corrected chi connectivity index (χ2v) is 7.90. The molecule has 0 aliphatic carbocycles. The molecule has 170 valence electrons. The lowest BCUT2D eigenvalue weighted by Crippen LogP contribution is -2.60. The van der Waals surface area contributed by atoms with Crippen LogP contribution in [0, 0.1) is 0 Å². The topological polar surface area (TPSA) is 158 Å². The van der Waals surface area contributed by atoms with Crippen molar-refractivity contribution in [3.05, 3.63) is 29.8 Å². The molecule has 1 aromatic carbocycles. The number of aliphatic hydroxyl groups is 6. The average molecular weight is 430 g/mol. The van der Waals surface area contributed by atoms with E-state index in [2.05, 4.69) is 13.8 Å². The fourth-order valence-electron chi connectivity index (χ4n) is 3.41. The molecule has 2 fully saturated rings. The van der Waals surface area contributed by atoms with Gasteiger partial charge in [0, 0.05) is 0 Å². The zero-order valence-corrected chi connectivity index (χ0v) is 16.8. The Kier molecular flexibility index (Phi) is 7.66. The zero-order chi connectivity index (χ0) is 22.0. The fourth-order valence-corrected chi connectivity index (χ4v) is 3.41. The minimum atomic E-state index is -1.56. The molecule has 0 radical (unpaired) electrons. The number of hydrogen-bond acceptors (Lipinski definition) is 10. The van der Waals surface area contributed by atoms with Crippen molar-refractivity contribution in [1.82, 2.24) is 0 Å². The quantitative estimate of drug-likeness (QED) is 0.299. The first kappa shape index (κ1) is 23.3. The van der Waals surface area contributed by atoms with Gasteiger partial charge in [-0.15, -0.1) is 0 Å². The maximum absolute atomic E-state index is 10.2. The normalized spacial score (nSPS) is 39.4. The number of ether oxygens (including phenoxy) is 4. The SMILES string of the molecule is CC(C)c1ccc(O[C@@H]2O[C@H](CO[C@H]3O[C@H](CO)[C@@H](O)[C@@H]3O)[C@@H](O)[C@H](O)[C@H]2O)cc1. The third kappa shape index (κ3) is 4.93. The van der Waals surface area contributed by atoms with E-state index in [1.807, 2.05) is 12.1 Å². The average Bonchev–Trinajstić information content (AvgIpc) is 3.01. The first-order valence-electron chi connectivity index (χ1n) is 9.93. The van der Waals surface area contributed by atoms with Gasteiger partial charge in [-0.2, -0.15) is 0 Å². The van der Waals surface area contributed by atoms with Crippen LogP contribution in [0.3, 0.4) is 0 Å². The lowest BCUT2D eigenvalue weighted by atomic mass is 9.99. The number of aliphatic hydroxyl groups excluding tert-OH is 6. The Morgan fingerprint density at radius 1 is 0.800 bits per heavy atom. The van der Waals surface area contributed by atoms with E-state index in [1.54, 1.807) is 12.1 Å². The van der Waals surface area contributed by atoms with Crippen LogP contribution in [0.25, 0.3) is 0 Å². The Hall–Kier alpha value is -1.34. The summed E-state index contributed by atoms with van der Waals surface area (Å²) in [6.07, 6.45) is -11.9. The van der Waals surface area contributed by atoms with Crippen molar-refractivity contribution in [2.75, 3.05) is 13.2 Å². The van der Waals surface area contributed by atoms with Crippen LogP contribution in [0.2, 0.25) is 0 Å². The van der Waals surface area contributed by atoms with Crippen LogP contribution in [-0.4, -0.2) is 99.2 Å². The molecule has 0 spiro atoms. The molecule has 30 heavy (non-hydrogen) atoms. The lowest BCUT2D eigenvalue weighted by Gasteiger charge is -2.40. The Morgan fingerprint density at radius 3 is 1.93 bits per heavy atom. The van der Waals surface area contributed by atoms with Crippen LogP contribution < -0.4 is 4.74 Å². The molecule has 9 atom stereocenters. The molecule has 10 nitrogen and oxygen atoms in total. The lowest BCUT2D eigenvalue weighted by molar-refractivity contribution is -0.290. The zero-order valence-electron chi connectivity index (χ0n) is 16.8. The fraction of sp³-hybridized carbons (Fsp3) is 0.700. The third-order valence-electron chi connectivity index (χ3n) is 5.39. The van der Waals surface area contributed by atoms with Crippen molar-refractivity contribution in [2.24, 2.45) is 0 Å². The van der Waals surface area contributed by atoms with Gasteiger partial charge in [-0.25, -0.2) is 0 Å². The number of benzene rings is 1. The molecule has 6 N–H and O–H groups in total. The summed E-state index contributed by atoms with van der Waals surface area (Å²) in [6.45, 7) is 3.28. The van der Waals surface area contributed by atoms with E-state index in [4.69, 9.17) is 24.1 Å². The van der Waals surface area contributed by atoms with Crippen molar-refractivity contribution < 1.29 is 49.6 Å². The molecule has 3 rings (SSSR count). The minimum Gasteiger partial charge on any atom is -0.462 e. The summed E-state index contributed by atoms with van der Waals surface area (Å²) in [6, 6.07) is 7.19. The summed E-state index contributed by atoms with van der Waals surface area (Å²) in [7, 11) is 0. The summed E-state index contributed by atoms with van der Waals surface area (Å²) in [5.41, 5.74) is 1.10. The third-order valence-corrected chi connectivity index (χ3v) is 5.39. The first-order chi connectivity index (χ1) is 14.2. The van der Waals surface area contributed by atoms with Gasteiger partial charge < -0.3 is 49.6 Å². The molecule has 2 aliphatic heterocycles. The van der Waals surface area contributed by atoms with Crippen molar-refractivity contribution in [3.63, 3.8) is 0 Å². The first-order valence-corrected chi connectivity index (χ1v) is 9.93. The largest absolute Gasteiger partial charge is 0.462 e. The molecule has 2 aliphatic rings. The second-order valence-electron chi connectivity index (χ2n) is 7.90. The molecular weight excluding hydrogens is 400 g/mol. The predicted molar refractivity (Wildman–Crippen MR) is 102 cm³/mol. The molecule has 0 bridgehead atoms. The van der Waals surface area contributed by atoms with Gasteiger partial charge in [0.15, 0.2) is 6.29 Å². The number of hydrogen-bond donors (Lipinski definition) is 6. The maximum Gasteiger partial charge on any atom is 0.229 e. The highest BCUT2D eigenvalue weighted by Crippen LogP contribution is 2.27. The summed E-state index contributed by atoms with van der Waals surface area (Å²) in [4.78, 5) is 0. The summed E-state index contributed by atoms with van der Waals surface area (Å²) < 4.78 is 21.8. The van der Waals surface area contributed by atoms with E-state index in [0.29, 0.717) is 11.7 Å². The van der Waals surface area contributed by atoms with E-state index in [-0.39, 0.29) is 6.61 Å². The van der Waals surface area contributed by atoms with Gasteiger partial charge in [0.2, 0.25) is 6.29 Å². The Bertz CT molecular complexity index is 668. The monoisotopic (exact) mass is 430 g/mol. The van der Waals surface area contributed by atoms with Gasteiger partial charge in [-0.1, -0.05) is 26.0 Å². The van der Waals surface area contributed by atoms with Crippen LogP contribution >= 0.6 is 0 Å². The highest BCUT2D eigenvalue weighted by Gasteiger charge is 2.47. The van der Waals surface area contributed by atoms with Crippen LogP contribution in [0.5, 0.6) is 5.75 Å². The molecule has 1 aromatic rings. The molecule has 0 aromatic heterocycles. The molecule has 0 saturated carbocycles. The predicted octanol–water partition coefficient (Wildman–Crippen LogP) is -1.55. The van der Waals surface area contributed by atoms with E-state index >= 15 is 0 Å². The van der Waals surface area contributed by atoms with E-state index in [9.17, 15) is 25.5 Å². The molecule has 10 heteroatoms. The van der Waals surface area contributed by atoms with Crippen molar-refractivity contribution >= 4 is 0 Å². The van der Waals surface area contributed by atoms with E-state index < -0.39 is 61.9 Å². The Balaban J connectivity index is 1.61. The molecule has 2 saturated heterocycles. The van der Waals surface area contributed by atoms with Crippen LogP contribution in [-0.2, 0) is 14.2 Å². The van der Waals surface area contributed by atoms with Crippen molar-refractivity contribution in [2.45, 2.75) is 75.1 Å². The smallest absolute Gasteiger partial charge is 0.229 e. The van der Waals surface area contributed by atoms with Crippen LogP contribution in [0.15, 0.2) is 24.3 Å². The van der Waals surface area contributed by atoms with Gasteiger partial charge in [-0.05, 0) is 23.6 Å². The summed E-state index contributed by atoms with van der Waals surface area (Å²) >= 11 is 0. The van der Waals surface area contributed by atoms with E-state index in [0.717, 1.165) is 5.56 Å². The van der Waals surface area contributed by atoms with Crippen LogP contribution in [0.1, 0.15) is 25.3 Å². The van der Waals surface area contributed by atoms with E-state index in [1.165, 1.54) is 0 Å². The standard InChI is InChI=1S/C20H30O10/c1-9(2)10-3-5-11(6-4-10)28-20-18(26)16(24)15(23)13(30-20)8-27-19-17(25)14(22)12(7-21)29-19/h3-6,9,12-26H,7-8H2,1-2H3/t12-,13-,14-,15-,16+,17+,18-,19+,20-/m1/s1. The number of rotatable bonds is 7. The van der Waals surface area contributed by atoms with Gasteiger partial charge in [-0.3, -0.25) is 0 Å². The highest BCUT2D eigenvalue weighted by atomic mass is 16.7. The Labute approximate surface area is 174 Å². The van der Waals surface area contributed by atoms with Gasteiger partial charge >= 0.3 is 0 Å².